The highest BCUT2D eigenvalue weighted by molar-refractivity contribution is 7.99. The van der Waals surface area contributed by atoms with Gasteiger partial charge < -0.3 is 4.57 Å². The zero-order valence-electron chi connectivity index (χ0n) is 9.68. The lowest BCUT2D eigenvalue weighted by atomic mass is 10.0. The van der Waals surface area contributed by atoms with E-state index in [1.54, 1.807) is 11.8 Å². The number of thioether (sulfide) groups is 1. The van der Waals surface area contributed by atoms with E-state index in [2.05, 4.69) is 6.07 Å². The molecule has 0 atom stereocenters. The van der Waals surface area contributed by atoms with Crippen molar-refractivity contribution >= 4 is 11.8 Å². The molecular formula is C14H11N3S. The van der Waals surface area contributed by atoms with E-state index in [1.165, 1.54) is 0 Å². The van der Waals surface area contributed by atoms with E-state index >= 15 is 0 Å². The van der Waals surface area contributed by atoms with Gasteiger partial charge in [0.25, 0.3) is 0 Å². The highest BCUT2D eigenvalue weighted by Gasteiger charge is 2.17. The van der Waals surface area contributed by atoms with Crippen LogP contribution in [0.4, 0.5) is 0 Å². The van der Waals surface area contributed by atoms with Gasteiger partial charge in [-0.15, -0.1) is 11.8 Å². The molecule has 0 amide bonds. The molecule has 1 aliphatic heterocycles. The lowest BCUT2D eigenvalue weighted by Crippen LogP contribution is -2.22. The first-order chi connectivity index (χ1) is 8.81. The Balaban J connectivity index is 2.32. The van der Waals surface area contributed by atoms with Gasteiger partial charge in [-0.05, 0) is 11.6 Å². The summed E-state index contributed by atoms with van der Waals surface area (Å²) in [5, 5.41) is 18.5. The number of hydrogen-bond acceptors (Lipinski definition) is 3. The summed E-state index contributed by atoms with van der Waals surface area (Å²) in [6.07, 6.45) is 0. The first-order valence-corrected chi connectivity index (χ1v) is 6.70. The third kappa shape index (κ3) is 1.64. The first-order valence-electron chi connectivity index (χ1n) is 5.72. The number of nitriles is 1. The summed E-state index contributed by atoms with van der Waals surface area (Å²) < 4.78 is 1.91. The van der Waals surface area contributed by atoms with Crippen molar-refractivity contribution in [1.82, 2.24) is 4.57 Å². The predicted octanol–water partition coefficient (Wildman–Crippen LogP) is 2.61. The third-order valence-electron chi connectivity index (χ3n) is 3.07. The van der Waals surface area contributed by atoms with Crippen molar-refractivity contribution in [2.24, 2.45) is 0 Å². The molecule has 18 heavy (non-hydrogen) atoms. The van der Waals surface area contributed by atoms with Crippen LogP contribution in [0.5, 0.6) is 0 Å². The average molecular weight is 253 g/mol. The van der Waals surface area contributed by atoms with Crippen molar-refractivity contribution in [2.45, 2.75) is 11.6 Å². The summed E-state index contributed by atoms with van der Waals surface area (Å²) >= 11 is 1.74. The average Bonchev–Trinajstić information content (AvgIpc) is 2.88. The molecule has 1 aromatic carbocycles. The van der Waals surface area contributed by atoms with E-state index in [0.29, 0.717) is 11.1 Å². The number of nitrogens with one attached hydrogen (secondary N) is 1. The van der Waals surface area contributed by atoms with Gasteiger partial charge in [0.05, 0.1) is 5.03 Å². The van der Waals surface area contributed by atoms with Crippen LogP contribution in [0, 0.1) is 16.7 Å². The predicted molar refractivity (Wildman–Crippen MR) is 71.2 cm³/mol. The third-order valence-corrected chi connectivity index (χ3v) is 4.09. The maximum absolute atomic E-state index is 9.30. The highest BCUT2D eigenvalue weighted by Crippen LogP contribution is 2.30. The van der Waals surface area contributed by atoms with Gasteiger partial charge in [-0.3, -0.25) is 5.41 Å². The van der Waals surface area contributed by atoms with Crippen molar-refractivity contribution in [3.05, 3.63) is 47.4 Å². The second-order valence-electron chi connectivity index (χ2n) is 4.10. The highest BCUT2D eigenvalue weighted by atomic mass is 32.2. The molecule has 2 heterocycles. The monoisotopic (exact) mass is 253 g/mol. The molecule has 88 valence electrons. The molecule has 4 heteroatoms. The summed E-state index contributed by atoms with van der Waals surface area (Å²) in [4.78, 5) is 0. The summed E-state index contributed by atoms with van der Waals surface area (Å²) in [7, 11) is 0. The van der Waals surface area contributed by atoms with E-state index in [4.69, 9.17) is 5.41 Å². The molecule has 1 aliphatic rings. The number of pyridine rings is 1. The lowest BCUT2D eigenvalue weighted by Gasteiger charge is -2.10. The van der Waals surface area contributed by atoms with Crippen LogP contribution in [0.15, 0.2) is 41.4 Å². The Morgan fingerprint density at radius 2 is 2.06 bits per heavy atom. The smallest absolute Gasteiger partial charge is 0.144 e. The van der Waals surface area contributed by atoms with Gasteiger partial charge in [0.15, 0.2) is 0 Å². The Morgan fingerprint density at radius 1 is 1.28 bits per heavy atom. The minimum absolute atomic E-state index is 0.332. The fourth-order valence-corrected chi connectivity index (χ4v) is 3.21. The topological polar surface area (TPSA) is 52.6 Å². The Bertz CT molecular complexity index is 695. The van der Waals surface area contributed by atoms with Gasteiger partial charge in [-0.2, -0.15) is 5.26 Å². The minimum atomic E-state index is 0.332. The van der Waals surface area contributed by atoms with Gasteiger partial charge in [0.2, 0.25) is 0 Å². The van der Waals surface area contributed by atoms with E-state index < -0.39 is 0 Å². The SMILES string of the molecule is N#Cc1c(-c2ccccc2)cc2n(c1=N)CCS2. The molecule has 0 saturated heterocycles. The summed E-state index contributed by atoms with van der Waals surface area (Å²) in [6, 6.07) is 14.0. The van der Waals surface area contributed by atoms with Gasteiger partial charge in [-0.25, -0.2) is 0 Å². The maximum atomic E-state index is 9.30. The summed E-state index contributed by atoms with van der Waals surface area (Å²) in [5.74, 6) is 0.981. The second-order valence-corrected chi connectivity index (χ2v) is 5.21. The van der Waals surface area contributed by atoms with E-state index in [9.17, 15) is 5.26 Å². The van der Waals surface area contributed by atoms with Crippen LogP contribution in [0.25, 0.3) is 11.1 Å². The Morgan fingerprint density at radius 3 is 2.78 bits per heavy atom. The molecule has 1 aromatic heterocycles. The van der Waals surface area contributed by atoms with Crippen molar-refractivity contribution < 1.29 is 0 Å². The maximum Gasteiger partial charge on any atom is 0.144 e. The number of rotatable bonds is 1. The van der Waals surface area contributed by atoms with Crippen LogP contribution in [0.3, 0.4) is 0 Å². The van der Waals surface area contributed by atoms with Gasteiger partial charge in [0.1, 0.15) is 17.1 Å². The van der Waals surface area contributed by atoms with Crippen LogP contribution >= 0.6 is 11.8 Å². The van der Waals surface area contributed by atoms with Gasteiger partial charge in [-0.1, -0.05) is 30.3 Å². The van der Waals surface area contributed by atoms with Gasteiger partial charge in [0, 0.05) is 17.9 Å². The Kier molecular flexibility index (Phi) is 2.69. The second kappa shape index (κ2) is 4.35. The van der Waals surface area contributed by atoms with Gasteiger partial charge >= 0.3 is 0 Å². The van der Waals surface area contributed by atoms with Crippen LogP contribution in [-0.4, -0.2) is 10.3 Å². The fourth-order valence-electron chi connectivity index (χ4n) is 2.19. The van der Waals surface area contributed by atoms with E-state index in [-0.39, 0.29) is 0 Å². The Labute approximate surface area is 109 Å². The molecule has 2 aromatic rings. The standard InChI is InChI=1S/C14H11N3S/c15-9-12-11(10-4-2-1-3-5-10)8-13-17(14(12)16)6-7-18-13/h1-5,8,16H,6-7H2. The summed E-state index contributed by atoms with van der Waals surface area (Å²) in [5.41, 5.74) is 2.66. The lowest BCUT2D eigenvalue weighted by molar-refractivity contribution is 0.668. The first kappa shape index (κ1) is 11.1. The van der Waals surface area contributed by atoms with Crippen molar-refractivity contribution in [3.8, 4) is 17.2 Å². The molecule has 0 saturated carbocycles. The fraction of sp³-hybridized carbons (Fsp3) is 0.143. The van der Waals surface area contributed by atoms with E-state index in [0.717, 1.165) is 28.5 Å². The molecule has 3 nitrogen and oxygen atoms in total. The van der Waals surface area contributed by atoms with Crippen molar-refractivity contribution in [2.75, 3.05) is 5.75 Å². The Hall–Kier alpha value is -1.99. The molecule has 0 bridgehead atoms. The molecule has 0 radical (unpaired) electrons. The number of benzene rings is 1. The summed E-state index contributed by atoms with van der Waals surface area (Å²) in [6.45, 7) is 0.822. The van der Waals surface area contributed by atoms with Crippen LogP contribution < -0.4 is 5.49 Å². The molecule has 0 spiro atoms. The van der Waals surface area contributed by atoms with Crippen molar-refractivity contribution in [1.29, 1.82) is 10.7 Å². The molecule has 3 rings (SSSR count). The van der Waals surface area contributed by atoms with Crippen LogP contribution in [0.1, 0.15) is 5.56 Å². The zero-order chi connectivity index (χ0) is 12.5. The number of nitrogens with zero attached hydrogens (tertiary/aromatic N) is 2. The van der Waals surface area contributed by atoms with Crippen molar-refractivity contribution in [3.63, 3.8) is 0 Å². The quantitative estimate of drug-likeness (QED) is 0.849. The largest absolute Gasteiger partial charge is 0.319 e. The molecule has 0 unspecified atom stereocenters. The zero-order valence-corrected chi connectivity index (χ0v) is 10.5. The molecule has 0 fully saturated rings. The number of hydrogen-bond donors (Lipinski definition) is 1. The van der Waals surface area contributed by atoms with E-state index in [1.807, 2.05) is 41.0 Å². The number of aromatic nitrogens is 1. The normalized spacial score (nSPS) is 13.1. The van der Waals surface area contributed by atoms with Crippen LogP contribution in [-0.2, 0) is 6.54 Å². The molecular weight excluding hydrogens is 242 g/mol. The van der Waals surface area contributed by atoms with Crippen LogP contribution in [0.2, 0.25) is 0 Å². The minimum Gasteiger partial charge on any atom is -0.319 e. The number of fused-ring (bicyclic) bond motifs is 1. The molecule has 0 aliphatic carbocycles. The molecule has 1 N–H and O–H groups in total.